The van der Waals surface area contributed by atoms with E-state index >= 15 is 0 Å². The van der Waals surface area contributed by atoms with E-state index in [4.69, 9.17) is 10.5 Å². The predicted octanol–water partition coefficient (Wildman–Crippen LogP) is -0.255. The molecular formula is C10H18N2O3. The molecule has 0 bridgehead atoms. The van der Waals surface area contributed by atoms with Crippen LogP contribution in [0.5, 0.6) is 0 Å². The molecule has 0 aliphatic carbocycles. The molecule has 0 spiro atoms. The minimum Gasteiger partial charge on any atom is -0.384 e. The van der Waals surface area contributed by atoms with E-state index in [1.165, 1.54) is 0 Å². The summed E-state index contributed by atoms with van der Waals surface area (Å²) in [5.41, 5.74) is 5.24. The molecule has 0 aromatic heterocycles. The zero-order chi connectivity index (χ0) is 11.4. The molecule has 1 fully saturated rings. The second-order valence-corrected chi connectivity index (χ2v) is 3.90. The van der Waals surface area contributed by atoms with Gasteiger partial charge in [0.2, 0.25) is 11.8 Å². The van der Waals surface area contributed by atoms with Gasteiger partial charge in [-0.15, -0.1) is 0 Å². The van der Waals surface area contributed by atoms with Gasteiger partial charge in [0.05, 0.1) is 6.61 Å². The Morgan fingerprint density at radius 1 is 1.73 bits per heavy atom. The molecule has 5 heteroatoms. The molecule has 0 aromatic carbocycles. The molecule has 5 nitrogen and oxygen atoms in total. The van der Waals surface area contributed by atoms with Gasteiger partial charge in [0.25, 0.3) is 0 Å². The Kier molecular flexibility index (Phi) is 4.08. The molecule has 0 unspecified atom stereocenters. The first-order valence-corrected chi connectivity index (χ1v) is 5.17. The maximum atomic E-state index is 11.6. The summed E-state index contributed by atoms with van der Waals surface area (Å²) in [5.74, 6) is -0.234. The number of carbonyl (C=O) groups is 2. The van der Waals surface area contributed by atoms with Crippen LogP contribution in [-0.4, -0.2) is 43.0 Å². The highest BCUT2D eigenvalue weighted by Gasteiger charge is 2.35. The summed E-state index contributed by atoms with van der Waals surface area (Å²) < 4.78 is 5.00. The molecule has 86 valence electrons. The zero-order valence-electron chi connectivity index (χ0n) is 9.23. The second kappa shape index (κ2) is 5.11. The van der Waals surface area contributed by atoms with Gasteiger partial charge < -0.3 is 15.4 Å². The van der Waals surface area contributed by atoms with E-state index in [-0.39, 0.29) is 11.8 Å². The highest BCUT2D eigenvalue weighted by Crippen LogP contribution is 2.21. The van der Waals surface area contributed by atoms with Gasteiger partial charge in [0.1, 0.15) is 6.04 Å². The van der Waals surface area contributed by atoms with Crippen LogP contribution in [0.2, 0.25) is 0 Å². The highest BCUT2D eigenvalue weighted by molar-refractivity contribution is 5.87. The first-order valence-electron chi connectivity index (χ1n) is 5.17. The number of hydrogen-bond donors (Lipinski definition) is 1. The van der Waals surface area contributed by atoms with Crippen LogP contribution >= 0.6 is 0 Å². The quantitative estimate of drug-likeness (QED) is 0.685. The van der Waals surface area contributed by atoms with Gasteiger partial charge in [-0.2, -0.15) is 0 Å². The van der Waals surface area contributed by atoms with Gasteiger partial charge in [-0.05, 0) is 6.42 Å². The summed E-state index contributed by atoms with van der Waals surface area (Å²) in [6.45, 7) is 2.98. The van der Waals surface area contributed by atoms with Crippen molar-refractivity contribution >= 4 is 11.8 Å². The summed E-state index contributed by atoms with van der Waals surface area (Å²) in [7, 11) is 1.61. The number of ether oxygens (including phenoxy) is 1. The molecule has 0 aromatic rings. The lowest BCUT2D eigenvalue weighted by Crippen LogP contribution is -2.45. The van der Waals surface area contributed by atoms with Gasteiger partial charge in [-0.1, -0.05) is 6.92 Å². The Labute approximate surface area is 89.6 Å². The molecule has 0 radical (unpaired) electrons. The standard InChI is InChI=1S/C10H18N2O3/c1-3-8(10(11)14)12-5-7(6-15-2)4-9(12)13/h7-8H,3-6H2,1-2H3,(H2,11,14)/t7-,8-/m1/s1. The summed E-state index contributed by atoms with van der Waals surface area (Å²) in [5, 5.41) is 0. The fourth-order valence-electron chi connectivity index (χ4n) is 2.03. The first kappa shape index (κ1) is 12.0. The molecule has 2 N–H and O–H groups in total. The van der Waals surface area contributed by atoms with Gasteiger partial charge in [-0.25, -0.2) is 0 Å². The van der Waals surface area contributed by atoms with E-state index in [1.54, 1.807) is 12.0 Å². The maximum Gasteiger partial charge on any atom is 0.240 e. The fourth-order valence-corrected chi connectivity index (χ4v) is 2.03. The molecule has 1 aliphatic heterocycles. The van der Waals surface area contributed by atoms with Crippen LogP contribution in [0, 0.1) is 5.92 Å². The van der Waals surface area contributed by atoms with Crippen LogP contribution in [0.1, 0.15) is 19.8 Å². The number of carbonyl (C=O) groups excluding carboxylic acids is 2. The first-order chi connectivity index (χ1) is 7.10. The third kappa shape index (κ3) is 2.68. The van der Waals surface area contributed by atoms with Crippen molar-refractivity contribution in [3.05, 3.63) is 0 Å². The number of hydrogen-bond acceptors (Lipinski definition) is 3. The largest absolute Gasteiger partial charge is 0.384 e. The number of rotatable bonds is 5. The van der Waals surface area contributed by atoms with Gasteiger partial charge >= 0.3 is 0 Å². The molecule has 1 rings (SSSR count). The van der Waals surface area contributed by atoms with Crippen LogP contribution in [0.3, 0.4) is 0 Å². The molecule has 2 amide bonds. The van der Waals surface area contributed by atoms with Crippen molar-refractivity contribution in [2.45, 2.75) is 25.8 Å². The molecule has 1 saturated heterocycles. The third-order valence-electron chi connectivity index (χ3n) is 2.73. The van der Waals surface area contributed by atoms with E-state index < -0.39 is 11.9 Å². The third-order valence-corrected chi connectivity index (χ3v) is 2.73. The number of methoxy groups -OCH3 is 1. The minimum absolute atomic E-state index is 0.00250. The Bertz CT molecular complexity index is 255. The van der Waals surface area contributed by atoms with Crippen molar-refractivity contribution in [3.8, 4) is 0 Å². The number of nitrogens with two attached hydrogens (primary N) is 1. The topological polar surface area (TPSA) is 72.6 Å². The maximum absolute atomic E-state index is 11.6. The van der Waals surface area contributed by atoms with Crippen molar-refractivity contribution in [1.82, 2.24) is 4.90 Å². The van der Waals surface area contributed by atoms with E-state index in [0.717, 1.165) is 0 Å². The molecular weight excluding hydrogens is 196 g/mol. The predicted molar refractivity (Wildman–Crippen MR) is 55.0 cm³/mol. The smallest absolute Gasteiger partial charge is 0.240 e. The molecule has 0 saturated carbocycles. The average Bonchev–Trinajstić information content (AvgIpc) is 2.49. The van der Waals surface area contributed by atoms with E-state index in [1.807, 2.05) is 6.92 Å². The molecule has 1 heterocycles. The van der Waals surface area contributed by atoms with Crippen LogP contribution in [0.4, 0.5) is 0 Å². The van der Waals surface area contributed by atoms with Crippen LogP contribution in [-0.2, 0) is 14.3 Å². The van der Waals surface area contributed by atoms with Crippen molar-refractivity contribution < 1.29 is 14.3 Å². The number of amides is 2. The van der Waals surface area contributed by atoms with Crippen LogP contribution in [0.15, 0.2) is 0 Å². The summed E-state index contributed by atoms with van der Waals surface area (Å²) in [6.07, 6.45) is 1.03. The van der Waals surface area contributed by atoms with E-state index in [2.05, 4.69) is 0 Å². The van der Waals surface area contributed by atoms with Crippen molar-refractivity contribution in [1.29, 1.82) is 0 Å². The lowest BCUT2D eigenvalue weighted by Gasteiger charge is -2.24. The SMILES string of the molecule is CC[C@H](C(N)=O)N1C[C@H](COC)CC1=O. The minimum atomic E-state index is -0.459. The average molecular weight is 214 g/mol. The normalized spacial score (nSPS) is 23.2. The van der Waals surface area contributed by atoms with Crippen LogP contribution in [0.25, 0.3) is 0 Å². The molecule has 1 aliphatic rings. The van der Waals surface area contributed by atoms with E-state index in [0.29, 0.717) is 26.0 Å². The van der Waals surface area contributed by atoms with Crippen molar-refractivity contribution in [3.63, 3.8) is 0 Å². The Morgan fingerprint density at radius 3 is 2.87 bits per heavy atom. The second-order valence-electron chi connectivity index (χ2n) is 3.90. The van der Waals surface area contributed by atoms with Crippen molar-refractivity contribution in [2.24, 2.45) is 11.7 Å². The lowest BCUT2D eigenvalue weighted by atomic mass is 10.1. The van der Waals surface area contributed by atoms with Gasteiger partial charge in [0.15, 0.2) is 0 Å². The Hall–Kier alpha value is -1.10. The summed E-state index contributed by atoms with van der Waals surface area (Å²) in [6, 6.07) is -0.459. The number of likely N-dealkylation sites (tertiary alicyclic amines) is 1. The van der Waals surface area contributed by atoms with E-state index in [9.17, 15) is 9.59 Å². The molecule has 2 atom stereocenters. The molecule has 15 heavy (non-hydrogen) atoms. The van der Waals surface area contributed by atoms with Gasteiger partial charge in [-0.3, -0.25) is 9.59 Å². The Balaban J connectivity index is 2.63. The zero-order valence-corrected chi connectivity index (χ0v) is 9.23. The Morgan fingerprint density at radius 2 is 2.40 bits per heavy atom. The number of primary amides is 1. The fraction of sp³-hybridized carbons (Fsp3) is 0.800. The summed E-state index contributed by atoms with van der Waals surface area (Å²) >= 11 is 0. The summed E-state index contributed by atoms with van der Waals surface area (Å²) in [4.78, 5) is 24.3. The van der Waals surface area contributed by atoms with Crippen molar-refractivity contribution in [2.75, 3.05) is 20.3 Å². The highest BCUT2D eigenvalue weighted by atomic mass is 16.5. The monoisotopic (exact) mass is 214 g/mol. The van der Waals surface area contributed by atoms with Crippen LogP contribution < -0.4 is 5.73 Å². The van der Waals surface area contributed by atoms with Gasteiger partial charge in [0, 0.05) is 26.0 Å². The number of nitrogens with zero attached hydrogens (tertiary/aromatic N) is 1. The lowest BCUT2D eigenvalue weighted by molar-refractivity contribution is -0.136.